The Labute approximate surface area is 426 Å². The van der Waals surface area contributed by atoms with Crippen molar-refractivity contribution in [2.24, 2.45) is 40.6 Å². The average molecular weight is 989 g/mol. The lowest BCUT2D eigenvalue weighted by molar-refractivity contribution is -0.199. The minimum atomic E-state index is -1.26. The van der Waals surface area contributed by atoms with Gasteiger partial charge in [0.2, 0.25) is 17.7 Å². The van der Waals surface area contributed by atoms with Gasteiger partial charge >= 0.3 is 7.12 Å². The molecule has 4 fully saturated rings. The molecule has 9 atom stereocenters. The van der Waals surface area contributed by atoms with Crippen molar-refractivity contribution in [1.82, 2.24) is 10.6 Å². The molecule has 4 aliphatic rings. The summed E-state index contributed by atoms with van der Waals surface area (Å²) >= 11 is 0. The van der Waals surface area contributed by atoms with Crippen molar-refractivity contribution < 1.29 is 48.0 Å². The number of nitrogens with one attached hydrogen (secondary N) is 2. The van der Waals surface area contributed by atoms with E-state index in [1.54, 1.807) is 12.1 Å². The molecule has 3 aromatic rings. The Hall–Kier alpha value is -5.51. The first-order chi connectivity index (χ1) is 34.2. The molecule has 3 saturated carbocycles. The predicted molar refractivity (Wildman–Crippen MR) is 277 cm³/mol. The van der Waals surface area contributed by atoms with Gasteiger partial charge in [0.25, 0.3) is 0 Å². The molecule has 3 aliphatic carbocycles. The van der Waals surface area contributed by atoms with Gasteiger partial charge in [0.05, 0.1) is 24.2 Å². The molecule has 7 N–H and O–H groups in total. The molecule has 1 unspecified atom stereocenters. The molecule has 1 heterocycles. The quantitative estimate of drug-likeness (QED) is 0.0252. The maximum atomic E-state index is 14.2. The SMILES string of the molecule is CCCCc1ccc(-c2ccc(C(=O)CCCC(=O)C[C@@H](CCCCN)C(=O)N[C@H](C(=O)C[C@@H](C)C(=O)N[C@@H](CC(N)=O)C(=O)C[C@@H](C)B3OC4C[C@@H]5C[C@@H](C5(C)C)[C@]4(C)O3)c3ccc(O)cc3)cc2)cc1. The molecule has 72 heavy (non-hydrogen) atoms. The van der Waals surface area contributed by atoms with Gasteiger partial charge in [0.15, 0.2) is 17.3 Å². The predicted octanol–water partition coefficient (Wildman–Crippen LogP) is 8.35. The van der Waals surface area contributed by atoms with Crippen LogP contribution in [0, 0.1) is 29.1 Å². The fourth-order valence-corrected chi connectivity index (χ4v) is 11.2. The first kappa shape index (κ1) is 55.8. The Morgan fingerprint density at radius 1 is 0.764 bits per heavy atom. The van der Waals surface area contributed by atoms with Gasteiger partial charge in [-0.15, -0.1) is 0 Å². The van der Waals surface area contributed by atoms with Crippen molar-refractivity contribution >= 4 is 48.0 Å². The van der Waals surface area contributed by atoms with Crippen LogP contribution in [0.4, 0.5) is 0 Å². The first-order valence-corrected chi connectivity index (χ1v) is 26.2. The van der Waals surface area contributed by atoms with Gasteiger partial charge in [0.1, 0.15) is 17.6 Å². The highest BCUT2D eigenvalue weighted by Gasteiger charge is 2.68. The summed E-state index contributed by atoms with van der Waals surface area (Å²) in [5, 5.41) is 15.6. The van der Waals surface area contributed by atoms with Crippen molar-refractivity contribution in [2.45, 2.75) is 167 Å². The van der Waals surface area contributed by atoms with Crippen LogP contribution in [-0.2, 0) is 44.5 Å². The summed E-state index contributed by atoms with van der Waals surface area (Å²) in [6.07, 6.45) is 6.27. The summed E-state index contributed by atoms with van der Waals surface area (Å²) in [6, 6.07) is 19.2. The number of aromatic hydroxyl groups is 1. The molecule has 1 saturated heterocycles. The van der Waals surface area contributed by atoms with Crippen molar-refractivity contribution in [3.63, 3.8) is 0 Å². The second-order valence-electron chi connectivity index (χ2n) is 21.7. The van der Waals surface area contributed by atoms with Gasteiger partial charge in [0, 0.05) is 49.5 Å². The fourth-order valence-electron chi connectivity index (χ4n) is 11.2. The standard InChI is InChI=1S/C57H77BN4O10/c1-7-8-12-37-16-18-38(19-17-37)39-20-22-40(23-21-39)47(65)15-11-14-45(64)31-42(13-9-10-28-59)55(70)62-53(41-24-26-44(63)27-25-41)49(67)29-35(2)54(69)61-46(34-52(60)68)48(66)30-36(3)58-71-51-33-43-32-50(56(43,4)5)57(51,6)72-58/h16-27,35-36,42-43,46,50-51,53,63H,7-15,28-34,59H2,1-6H3,(H2,60,68)(H,61,69)(H,62,70)/t35-,36-,42-,43+,46+,50+,51?,53+,57+/m1/s1. The van der Waals surface area contributed by atoms with Crippen LogP contribution in [0.3, 0.4) is 0 Å². The number of hydrogen-bond donors (Lipinski definition) is 5. The van der Waals surface area contributed by atoms with Crippen LogP contribution < -0.4 is 22.1 Å². The summed E-state index contributed by atoms with van der Waals surface area (Å²) in [6.45, 7) is 12.5. The third-order valence-corrected chi connectivity index (χ3v) is 15.9. The first-order valence-electron chi connectivity index (χ1n) is 26.2. The lowest BCUT2D eigenvalue weighted by atomic mass is 9.43. The highest BCUT2D eigenvalue weighted by molar-refractivity contribution is 6.47. The summed E-state index contributed by atoms with van der Waals surface area (Å²) in [5.41, 5.74) is 15.3. The van der Waals surface area contributed by atoms with Gasteiger partial charge in [-0.3, -0.25) is 33.6 Å². The summed E-state index contributed by atoms with van der Waals surface area (Å²) in [4.78, 5) is 94.6. The molecule has 15 heteroatoms. The monoisotopic (exact) mass is 989 g/mol. The van der Waals surface area contributed by atoms with E-state index in [4.69, 9.17) is 20.8 Å². The van der Waals surface area contributed by atoms with Crippen molar-refractivity contribution in [2.75, 3.05) is 6.54 Å². The fraction of sp³-hybridized carbons (Fsp3) is 0.561. The van der Waals surface area contributed by atoms with Crippen molar-refractivity contribution in [3.8, 4) is 16.9 Å². The molecule has 2 bridgehead atoms. The van der Waals surface area contributed by atoms with Gasteiger partial charge < -0.3 is 36.5 Å². The normalized spacial score (nSPS) is 21.8. The Morgan fingerprint density at radius 3 is 2.06 bits per heavy atom. The summed E-state index contributed by atoms with van der Waals surface area (Å²) in [7, 11) is -0.638. The number of Topliss-reactive ketones (excluding diaryl/α,β-unsaturated/α-hetero) is 4. The maximum absolute atomic E-state index is 14.2. The highest BCUT2D eigenvalue weighted by atomic mass is 16.7. The molecule has 0 aromatic heterocycles. The number of aryl methyl sites for hydroxylation is 1. The Morgan fingerprint density at radius 2 is 1.43 bits per heavy atom. The number of benzene rings is 3. The number of rotatable bonds is 29. The van der Waals surface area contributed by atoms with E-state index in [1.807, 2.05) is 19.1 Å². The minimum absolute atomic E-state index is 0.0532. The molecule has 0 spiro atoms. The van der Waals surface area contributed by atoms with Crippen LogP contribution in [-0.4, -0.2) is 77.4 Å². The van der Waals surface area contributed by atoms with Gasteiger partial charge in [-0.1, -0.05) is 108 Å². The molecule has 388 valence electrons. The van der Waals surface area contributed by atoms with Gasteiger partial charge in [-0.25, -0.2) is 0 Å². The zero-order valence-electron chi connectivity index (χ0n) is 43.2. The number of hydrogen-bond acceptors (Lipinski definition) is 11. The van der Waals surface area contributed by atoms with E-state index in [1.165, 1.54) is 36.8 Å². The number of phenols is 1. The Bertz CT molecular complexity index is 2390. The topological polar surface area (TPSA) is 234 Å². The number of carbonyl (C=O) groups excluding carboxylic acids is 7. The number of amides is 3. The Balaban J connectivity index is 1.04. The van der Waals surface area contributed by atoms with Crippen LogP contribution in [0.5, 0.6) is 5.75 Å². The summed E-state index contributed by atoms with van der Waals surface area (Å²) in [5.74, 6) is -4.62. The smallest absolute Gasteiger partial charge is 0.461 e. The van der Waals surface area contributed by atoms with E-state index >= 15 is 0 Å². The van der Waals surface area contributed by atoms with Crippen LogP contribution in [0.1, 0.15) is 159 Å². The second-order valence-corrected chi connectivity index (χ2v) is 21.7. The third kappa shape index (κ3) is 14.0. The lowest BCUT2D eigenvalue weighted by Gasteiger charge is -2.64. The number of unbranched alkanes of at least 4 members (excludes halogenated alkanes) is 2. The Kier molecular flexibility index (Phi) is 19.3. The maximum Gasteiger partial charge on any atom is 0.461 e. The number of ketones is 4. The summed E-state index contributed by atoms with van der Waals surface area (Å²) < 4.78 is 13.0. The molecule has 14 nitrogen and oxygen atoms in total. The number of nitrogens with two attached hydrogens (primary N) is 2. The van der Waals surface area contributed by atoms with E-state index in [0.29, 0.717) is 55.2 Å². The molecule has 1 aliphatic heterocycles. The number of carbonyl (C=O) groups is 7. The molecule has 0 radical (unpaired) electrons. The highest BCUT2D eigenvalue weighted by Crippen LogP contribution is 2.66. The van der Waals surface area contributed by atoms with Crippen LogP contribution in [0.2, 0.25) is 5.82 Å². The zero-order chi connectivity index (χ0) is 52.3. The molecule has 3 aromatic carbocycles. The van der Waals surface area contributed by atoms with Crippen LogP contribution >= 0.6 is 0 Å². The van der Waals surface area contributed by atoms with Gasteiger partial charge in [-0.05, 0) is 116 Å². The largest absolute Gasteiger partial charge is 0.508 e. The van der Waals surface area contributed by atoms with E-state index in [2.05, 4.69) is 62.6 Å². The molecule has 3 amide bonds. The van der Waals surface area contributed by atoms with Crippen LogP contribution in [0.25, 0.3) is 11.1 Å². The molecular weight excluding hydrogens is 911 g/mol. The van der Waals surface area contributed by atoms with Gasteiger partial charge in [-0.2, -0.15) is 0 Å². The minimum Gasteiger partial charge on any atom is -0.508 e. The second kappa shape index (κ2) is 24.9. The van der Waals surface area contributed by atoms with E-state index < -0.39 is 78.2 Å². The number of phenolic OH excluding ortho intramolecular Hbond substituents is 1. The molecular formula is C57H77BN4O10. The average Bonchev–Trinajstić information content (AvgIpc) is 3.72. The van der Waals surface area contributed by atoms with E-state index in [9.17, 15) is 38.7 Å². The third-order valence-electron chi connectivity index (χ3n) is 15.9. The van der Waals surface area contributed by atoms with E-state index in [0.717, 1.165) is 43.2 Å². The lowest BCUT2D eigenvalue weighted by Crippen LogP contribution is -2.65. The zero-order valence-corrected chi connectivity index (χ0v) is 43.2. The molecule has 7 rings (SSSR count). The van der Waals surface area contributed by atoms with Crippen LogP contribution in [0.15, 0.2) is 72.8 Å². The number of primary amides is 1. The van der Waals surface area contributed by atoms with Crippen molar-refractivity contribution in [1.29, 1.82) is 0 Å². The van der Waals surface area contributed by atoms with E-state index in [-0.39, 0.29) is 60.9 Å². The van der Waals surface area contributed by atoms with Crippen molar-refractivity contribution in [3.05, 3.63) is 89.5 Å².